The van der Waals surface area contributed by atoms with E-state index in [-0.39, 0.29) is 5.91 Å². The van der Waals surface area contributed by atoms with Gasteiger partial charge in [0.05, 0.1) is 4.90 Å². The van der Waals surface area contributed by atoms with Crippen molar-refractivity contribution >= 4 is 17.0 Å². The van der Waals surface area contributed by atoms with Gasteiger partial charge in [-0.1, -0.05) is 18.2 Å². The lowest BCUT2D eigenvalue weighted by Gasteiger charge is -2.06. The van der Waals surface area contributed by atoms with Gasteiger partial charge >= 0.3 is 0 Å². The first-order chi connectivity index (χ1) is 7.11. The van der Waals surface area contributed by atoms with Crippen LogP contribution in [0.2, 0.25) is 0 Å². The third-order valence-corrected chi connectivity index (χ3v) is 2.70. The van der Waals surface area contributed by atoms with Crippen LogP contribution in [0.25, 0.3) is 0 Å². The molecule has 1 aromatic rings. The van der Waals surface area contributed by atoms with E-state index in [4.69, 9.17) is 4.55 Å². The van der Waals surface area contributed by atoms with Gasteiger partial charge in [0.25, 0.3) is 0 Å². The topological polar surface area (TPSA) is 66.4 Å². The first kappa shape index (κ1) is 11.9. The lowest BCUT2D eigenvalue weighted by molar-refractivity contribution is -0.118. The number of hydrogen-bond acceptors (Lipinski definition) is 2. The van der Waals surface area contributed by atoms with E-state index in [1.165, 1.54) is 6.92 Å². The maximum atomic E-state index is 10.9. The van der Waals surface area contributed by atoms with Crippen molar-refractivity contribution < 1.29 is 13.6 Å². The molecule has 0 radical (unpaired) electrons. The normalized spacial score (nSPS) is 12.1. The Morgan fingerprint density at radius 1 is 1.47 bits per heavy atom. The van der Waals surface area contributed by atoms with Crippen molar-refractivity contribution in [3.05, 3.63) is 29.8 Å². The molecule has 15 heavy (non-hydrogen) atoms. The molecule has 0 heterocycles. The van der Waals surface area contributed by atoms with Crippen LogP contribution in [0.5, 0.6) is 0 Å². The highest BCUT2D eigenvalue weighted by atomic mass is 32.2. The standard InChI is InChI=1S/C10H13NO3S/c1-8(12)11-7-6-9-4-2-3-5-10(9)15(13)14/h2-5H,6-7H2,1H3,(H,11,12)(H,13,14). The average Bonchev–Trinajstić information content (AvgIpc) is 2.17. The van der Waals surface area contributed by atoms with E-state index in [9.17, 15) is 9.00 Å². The number of amides is 1. The molecule has 0 saturated carbocycles. The molecule has 1 aromatic carbocycles. The molecule has 0 spiro atoms. The van der Waals surface area contributed by atoms with Gasteiger partial charge in [-0.05, 0) is 18.1 Å². The van der Waals surface area contributed by atoms with E-state index in [0.717, 1.165) is 5.56 Å². The van der Waals surface area contributed by atoms with Gasteiger partial charge in [-0.2, -0.15) is 0 Å². The fourth-order valence-corrected chi connectivity index (χ4v) is 1.84. The zero-order valence-corrected chi connectivity index (χ0v) is 9.21. The predicted molar refractivity (Wildman–Crippen MR) is 57.9 cm³/mol. The highest BCUT2D eigenvalue weighted by Gasteiger charge is 2.06. The molecule has 0 fully saturated rings. The summed E-state index contributed by atoms with van der Waals surface area (Å²) >= 11 is -1.97. The Kier molecular flexibility index (Phi) is 4.45. The van der Waals surface area contributed by atoms with Crippen LogP contribution in [-0.2, 0) is 22.3 Å². The quantitative estimate of drug-likeness (QED) is 0.752. The summed E-state index contributed by atoms with van der Waals surface area (Å²) in [5, 5.41) is 2.64. The molecule has 0 aromatic heterocycles. The van der Waals surface area contributed by atoms with Gasteiger partial charge < -0.3 is 9.87 Å². The molecule has 0 saturated heterocycles. The van der Waals surface area contributed by atoms with Crippen LogP contribution < -0.4 is 5.32 Å². The summed E-state index contributed by atoms with van der Waals surface area (Å²) in [6.07, 6.45) is 0.558. The SMILES string of the molecule is CC(=O)NCCc1ccccc1S(=O)O. The molecule has 0 aliphatic carbocycles. The van der Waals surface area contributed by atoms with E-state index >= 15 is 0 Å². The number of nitrogens with one attached hydrogen (secondary N) is 1. The molecular formula is C10H13NO3S. The molecule has 82 valence electrons. The minimum Gasteiger partial charge on any atom is -0.356 e. The summed E-state index contributed by atoms with van der Waals surface area (Å²) in [6, 6.07) is 6.91. The smallest absolute Gasteiger partial charge is 0.216 e. The van der Waals surface area contributed by atoms with Gasteiger partial charge in [0.15, 0.2) is 11.1 Å². The highest BCUT2D eigenvalue weighted by Crippen LogP contribution is 2.12. The third-order valence-electron chi connectivity index (χ3n) is 1.93. The van der Waals surface area contributed by atoms with E-state index in [1.54, 1.807) is 24.3 Å². The van der Waals surface area contributed by atoms with Crippen LogP contribution in [0.15, 0.2) is 29.2 Å². The molecule has 1 unspecified atom stereocenters. The van der Waals surface area contributed by atoms with Gasteiger partial charge in [0, 0.05) is 13.5 Å². The molecule has 0 bridgehead atoms. The minimum atomic E-state index is -1.97. The van der Waals surface area contributed by atoms with Crippen LogP contribution in [0.1, 0.15) is 12.5 Å². The third kappa shape index (κ3) is 3.81. The fraction of sp³-hybridized carbons (Fsp3) is 0.300. The summed E-state index contributed by atoms with van der Waals surface area (Å²) in [5.74, 6) is -0.0994. The molecule has 5 heteroatoms. The van der Waals surface area contributed by atoms with Crippen LogP contribution in [0.4, 0.5) is 0 Å². The Labute approximate surface area is 91.0 Å². The number of benzene rings is 1. The van der Waals surface area contributed by atoms with Crippen molar-refractivity contribution in [2.45, 2.75) is 18.2 Å². The molecule has 1 atom stereocenters. The van der Waals surface area contributed by atoms with Crippen LogP contribution in [0, 0.1) is 0 Å². The molecule has 0 aliphatic rings. The van der Waals surface area contributed by atoms with Crippen molar-refractivity contribution in [2.24, 2.45) is 0 Å². The Bertz CT molecular complexity index is 379. The molecular weight excluding hydrogens is 214 g/mol. The van der Waals surface area contributed by atoms with E-state index < -0.39 is 11.1 Å². The second-order valence-corrected chi connectivity index (χ2v) is 4.03. The van der Waals surface area contributed by atoms with Gasteiger partial charge in [0.2, 0.25) is 5.91 Å². The van der Waals surface area contributed by atoms with E-state index in [0.29, 0.717) is 17.9 Å². The molecule has 1 amide bonds. The maximum Gasteiger partial charge on any atom is 0.216 e. The lowest BCUT2D eigenvalue weighted by atomic mass is 10.1. The molecule has 2 N–H and O–H groups in total. The van der Waals surface area contributed by atoms with Crippen molar-refractivity contribution in [2.75, 3.05) is 6.54 Å². The van der Waals surface area contributed by atoms with Crippen molar-refractivity contribution in [1.82, 2.24) is 5.32 Å². The van der Waals surface area contributed by atoms with Gasteiger partial charge in [-0.25, -0.2) is 4.21 Å². The van der Waals surface area contributed by atoms with E-state index in [2.05, 4.69) is 5.32 Å². The number of hydrogen-bond donors (Lipinski definition) is 2. The van der Waals surface area contributed by atoms with Crippen molar-refractivity contribution in [3.8, 4) is 0 Å². The highest BCUT2D eigenvalue weighted by molar-refractivity contribution is 7.79. The zero-order valence-electron chi connectivity index (χ0n) is 8.40. The van der Waals surface area contributed by atoms with Gasteiger partial charge in [0.1, 0.15) is 0 Å². The Balaban J connectivity index is 2.67. The van der Waals surface area contributed by atoms with Crippen LogP contribution >= 0.6 is 0 Å². The van der Waals surface area contributed by atoms with Gasteiger partial charge in [-0.3, -0.25) is 4.79 Å². The van der Waals surface area contributed by atoms with Crippen LogP contribution in [-0.4, -0.2) is 21.2 Å². The summed E-state index contributed by atoms with van der Waals surface area (Å²) in [6.45, 7) is 1.92. The number of carbonyl (C=O) groups excluding carboxylic acids is 1. The maximum absolute atomic E-state index is 10.9. The first-order valence-electron chi connectivity index (χ1n) is 4.54. The second-order valence-electron chi connectivity index (χ2n) is 3.09. The molecule has 1 rings (SSSR count). The largest absolute Gasteiger partial charge is 0.356 e. The fourth-order valence-electron chi connectivity index (χ4n) is 1.25. The second kappa shape index (κ2) is 5.63. The minimum absolute atomic E-state index is 0.0994. The monoisotopic (exact) mass is 227 g/mol. The Morgan fingerprint density at radius 2 is 2.13 bits per heavy atom. The van der Waals surface area contributed by atoms with Crippen molar-refractivity contribution in [3.63, 3.8) is 0 Å². The number of carbonyl (C=O) groups is 1. The average molecular weight is 227 g/mol. The Morgan fingerprint density at radius 3 is 2.73 bits per heavy atom. The van der Waals surface area contributed by atoms with E-state index in [1.807, 2.05) is 0 Å². The Hall–Kier alpha value is -1.20. The summed E-state index contributed by atoms with van der Waals surface area (Å²) in [7, 11) is 0. The summed E-state index contributed by atoms with van der Waals surface area (Å²) in [5.41, 5.74) is 0.784. The summed E-state index contributed by atoms with van der Waals surface area (Å²) in [4.78, 5) is 11.0. The van der Waals surface area contributed by atoms with Crippen LogP contribution in [0.3, 0.4) is 0 Å². The lowest BCUT2D eigenvalue weighted by Crippen LogP contribution is -2.22. The number of rotatable bonds is 4. The van der Waals surface area contributed by atoms with Gasteiger partial charge in [-0.15, -0.1) is 0 Å². The van der Waals surface area contributed by atoms with Crippen molar-refractivity contribution in [1.29, 1.82) is 0 Å². The zero-order chi connectivity index (χ0) is 11.3. The predicted octanol–water partition coefficient (Wildman–Crippen LogP) is 0.946. The summed E-state index contributed by atoms with van der Waals surface area (Å²) < 4.78 is 19.9. The first-order valence-corrected chi connectivity index (χ1v) is 5.65. The molecule has 4 nitrogen and oxygen atoms in total. The molecule has 0 aliphatic heterocycles.